The number of anilines is 2. The minimum Gasteiger partial charge on any atom is -0.369 e. The second-order valence-electron chi connectivity index (χ2n) is 5.04. The second-order valence-corrected chi connectivity index (χ2v) is 5.04. The van der Waals surface area contributed by atoms with E-state index in [0.29, 0.717) is 6.04 Å². The fourth-order valence-corrected chi connectivity index (χ4v) is 2.12. The molecule has 1 rings (SSSR count). The summed E-state index contributed by atoms with van der Waals surface area (Å²) in [5.41, 5.74) is 2.06. The van der Waals surface area contributed by atoms with Gasteiger partial charge in [0.15, 0.2) is 0 Å². The minimum atomic E-state index is -0.0270. The van der Waals surface area contributed by atoms with Gasteiger partial charge >= 0.3 is 0 Å². The Kier molecular flexibility index (Phi) is 6.40. The Morgan fingerprint density at radius 3 is 2.68 bits per heavy atom. The van der Waals surface area contributed by atoms with Gasteiger partial charge in [0.25, 0.3) is 0 Å². The molecule has 0 aliphatic rings. The Balaban J connectivity index is 2.90. The van der Waals surface area contributed by atoms with Gasteiger partial charge in [-0.3, -0.25) is 4.79 Å². The van der Waals surface area contributed by atoms with Crippen molar-refractivity contribution in [3.8, 4) is 0 Å². The van der Waals surface area contributed by atoms with Crippen molar-refractivity contribution in [3.63, 3.8) is 0 Å². The molecule has 0 aromatic heterocycles. The highest BCUT2D eigenvalue weighted by Gasteiger charge is 2.12. The average molecular weight is 262 g/mol. The Labute approximate surface area is 117 Å². The first-order valence-corrected chi connectivity index (χ1v) is 7.22. The van der Waals surface area contributed by atoms with Crippen molar-refractivity contribution in [1.29, 1.82) is 0 Å². The highest BCUT2D eigenvalue weighted by atomic mass is 16.1. The summed E-state index contributed by atoms with van der Waals surface area (Å²) >= 11 is 0. The number of benzene rings is 1. The van der Waals surface area contributed by atoms with Crippen molar-refractivity contribution in [3.05, 3.63) is 24.3 Å². The molecule has 0 fully saturated rings. The molecule has 1 aromatic rings. The molecule has 0 spiro atoms. The molecule has 0 aliphatic heterocycles. The molecule has 0 saturated carbocycles. The SMILES string of the molecule is CCCCN(c1cccc(NC(C)=O)c1)C(C)CC. The van der Waals surface area contributed by atoms with E-state index < -0.39 is 0 Å². The molecule has 1 unspecified atom stereocenters. The zero-order valence-corrected chi connectivity index (χ0v) is 12.6. The van der Waals surface area contributed by atoms with E-state index in [-0.39, 0.29) is 5.91 Å². The molecule has 3 heteroatoms. The van der Waals surface area contributed by atoms with Crippen LogP contribution in [0.3, 0.4) is 0 Å². The molecule has 1 atom stereocenters. The molecule has 0 radical (unpaired) electrons. The van der Waals surface area contributed by atoms with E-state index in [4.69, 9.17) is 0 Å². The standard InChI is InChI=1S/C16H26N2O/c1-5-7-11-18(13(3)6-2)16-10-8-9-15(12-16)17-14(4)19/h8-10,12-13H,5-7,11H2,1-4H3,(H,17,19). The maximum absolute atomic E-state index is 11.1. The first-order chi connectivity index (χ1) is 9.08. The fourth-order valence-electron chi connectivity index (χ4n) is 2.12. The van der Waals surface area contributed by atoms with Gasteiger partial charge in [0, 0.05) is 30.9 Å². The van der Waals surface area contributed by atoms with E-state index in [2.05, 4.69) is 43.1 Å². The van der Waals surface area contributed by atoms with Gasteiger partial charge in [-0.2, -0.15) is 0 Å². The number of unbranched alkanes of at least 4 members (excludes halogenated alkanes) is 1. The van der Waals surface area contributed by atoms with E-state index >= 15 is 0 Å². The van der Waals surface area contributed by atoms with Gasteiger partial charge in [-0.05, 0) is 38.0 Å². The Hall–Kier alpha value is -1.51. The number of amides is 1. The number of carbonyl (C=O) groups excluding carboxylic acids is 1. The van der Waals surface area contributed by atoms with Crippen LogP contribution in [0.5, 0.6) is 0 Å². The largest absolute Gasteiger partial charge is 0.369 e. The van der Waals surface area contributed by atoms with E-state index in [9.17, 15) is 4.79 Å². The van der Waals surface area contributed by atoms with E-state index in [1.807, 2.05) is 12.1 Å². The van der Waals surface area contributed by atoms with E-state index in [0.717, 1.165) is 18.7 Å². The molecular formula is C16H26N2O. The van der Waals surface area contributed by atoms with Gasteiger partial charge in [-0.25, -0.2) is 0 Å². The second kappa shape index (κ2) is 7.82. The lowest BCUT2D eigenvalue weighted by atomic mass is 10.1. The molecule has 1 amide bonds. The summed E-state index contributed by atoms with van der Waals surface area (Å²) in [7, 11) is 0. The zero-order chi connectivity index (χ0) is 14.3. The van der Waals surface area contributed by atoms with Crippen LogP contribution in [0.15, 0.2) is 24.3 Å². The summed E-state index contributed by atoms with van der Waals surface area (Å²) < 4.78 is 0. The van der Waals surface area contributed by atoms with Crippen molar-refractivity contribution in [2.24, 2.45) is 0 Å². The Bertz CT molecular complexity index is 403. The highest BCUT2D eigenvalue weighted by molar-refractivity contribution is 5.89. The predicted molar refractivity (Wildman–Crippen MR) is 82.8 cm³/mol. The molecule has 106 valence electrons. The molecule has 1 N–H and O–H groups in total. The number of carbonyl (C=O) groups is 1. The third-order valence-corrected chi connectivity index (χ3v) is 3.37. The van der Waals surface area contributed by atoms with Crippen LogP contribution in [-0.2, 0) is 4.79 Å². The summed E-state index contributed by atoms with van der Waals surface area (Å²) in [6.07, 6.45) is 3.50. The van der Waals surface area contributed by atoms with Crippen LogP contribution in [0.4, 0.5) is 11.4 Å². The summed E-state index contributed by atoms with van der Waals surface area (Å²) in [6.45, 7) is 9.27. The van der Waals surface area contributed by atoms with Gasteiger partial charge in [-0.15, -0.1) is 0 Å². The lowest BCUT2D eigenvalue weighted by Crippen LogP contribution is -2.33. The van der Waals surface area contributed by atoms with Crippen LogP contribution in [0.1, 0.15) is 47.0 Å². The summed E-state index contributed by atoms with van der Waals surface area (Å²) in [5, 5.41) is 2.85. The maximum Gasteiger partial charge on any atom is 0.221 e. The maximum atomic E-state index is 11.1. The van der Waals surface area contributed by atoms with Gasteiger partial charge < -0.3 is 10.2 Å². The van der Waals surface area contributed by atoms with Crippen LogP contribution in [0, 0.1) is 0 Å². The molecule has 0 saturated heterocycles. The Morgan fingerprint density at radius 1 is 1.37 bits per heavy atom. The molecule has 3 nitrogen and oxygen atoms in total. The van der Waals surface area contributed by atoms with Crippen LogP contribution in [-0.4, -0.2) is 18.5 Å². The topological polar surface area (TPSA) is 32.3 Å². The smallest absolute Gasteiger partial charge is 0.221 e. The molecule has 0 aliphatic carbocycles. The van der Waals surface area contributed by atoms with Crippen molar-refractivity contribution >= 4 is 17.3 Å². The van der Waals surface area contributed by atoms with Crippen LogP contribution in [0.25, 0.3) is 0 Å². The van der Waals surface area contributed by atoms with Gasteiger partial charge in [0.1, 0.15) is 0 Å². The highest BCUT2D eigenvalue weighted by Crippen LogP contribution is 2.23. The summed E-state index contributed by atoms with van der Waals surface area (Å²) in [5.74, 6) is -0.0270. The van der Waals surface area contributed by atoms with Gasteiger partial charge in [-0.1, -0.05) is 26.3 Å². The number of hydrogen-bond donors (Lipinski definition) is 1. The zero-order valence-electron chi connectivity index (χ0n) is 12.6. The first kappa shape index (κ1) is 15.5. The third-order valence-electron chi connectivity index (χ3n) is 3.37. The van der Waals surface area contributed by atoms with Crippen molar-refractivity contribution in [1.82, 2.24) is 0 Å². The number of nitrogens with zero attached hydrogens (tertiary/aromatic N) is 1. The molecule has 1 aromatic carbocycles. The first-order valence-electron chi connectivity index (χ1n) is 7.22. The lowest BCUT2D eigenvalue weighted by Gasteiger charge is -2.31. The van der Waals surface area contributed by atoms with Crippen molar-refractivity contribution < 1.29 is 4.79 Å². The monoisotopic (exact) mass is 262 g/mol. The third kappa shape index (κ3) is 4.93. The number of hydrogen-bond acceptors (Lipinski definition) is 2. The minimum absolute atomic E-state index is 0.0270. The van der Waals surface area contributed by atoms with Crippen molar-refractivity contribution in [2.75, 3.05) is 16.8 Å². The van der Waals surface area contributed by atoms with Crippen LogP contribution < -0.4 is 10.2 Å². The Morgan fingerprint density at radius 2 is 2.11 bits per heavy atom. The lowest BCUT2D eigenvalue weighted by molar-refractivity contribution is -0.114. The summed E-state index contributed by atoms with van der Waals surface area (Å²) in [6, 6.07) is 8.62. The van der Waals surface area contributed by atoms with Crippen LogP contribution in [0.2, 0.25) is 0 Å². The van der Waals surface area contributed by atoms with Gasteiger partial charge in [0.2, 0.25) is 5.91 Å². The van der Waals surface area contributed by atoms with Crippen molar-refractivity contribution in [2.45, 2.75) is 53.0 Å². The molecule has 19 heavy (non-hydrogen) atoms. The van der Waals surface area contributed by atoms with Gasteiger partial charge in [0.05, 0.1) is 0 Å². The van der Waals surface area contributed by atoms with E-state index in [1.165, 1.54) is 25.5 Å². The number of nitrogens with one attached hydrogen (secondary N) is 1. The van der Waals surface area contributed by atoms with Crippen LogP contribution >= 0.6 is 0 Å². The quantitative estimate of drug-likeness (QED) is 0.804. The molecular weight excluding hydrogens is 236 g/mol. The number of rotatable bonds is 7. The summed E-state index contributed by atoms with van der Waals surface area (Å²) in [4.78, 5) is 13.6. The normalized spacial score (nSPS) is 12.0. The average Bonchev–Trinajstić information content (AvgIpc) is 2.38. The predicted octanol–water partition coefficient (Wildman–Crippen LogP) is 4.05. The fraction of sp³-hybridized carbons (Fsp3) is 0.562. The molecule has 0 heterocycles. The molecule has 0 bridgehead atoms. The van der Waals surface area contributed by atoms with E-state index in [1.54, 1.807) is 0 Å².